The van der Waals surface area contributed by atoms with Crippen molar-refractivity contribution in [3.63, 3.8) is 0 Å². The van der Waals surface area contributed by atoms with Crippen molar-refractivity contribution in [3.8, 4) is 0 Å². The molecular formula is C14H24N2O2S. The number of hydrogen-bond acceptors (Lipinski definition) is 3. The Morgan fingerprint density at radius 2 is 2.16 bits per heavy atom. The van der Waals surface area contributed by atoms with Gasteiger partial charge in [-0.2, -0.15) is 11.8 Å². The van der Waals surface area contributed by atoms with Crippen molar-refractivity contribution < 1.29 is 9.59 Å². The molecule has 2 atom stereocenters. The first kappa shape index (κ1) is 14.7. The molecule has 2 rings (SSSR count). The molecule has 0 aromatic rings. The molecule has 2 heterocycles. The van der Waals surface area contributed by atoms with Gasteiger partial charge in [0.2, 0.25) is 11.8 Å². The molecule has 2 amide bonds. The molecule has 2 aliphatic rings. The van der Waals surface area contributed by atoms with Crippen LogP contribution < -0.4 is 5.32 Å². The van der Waals surface area contributed by atoms with Crippen LogP contribution in [-0.2, 0) is 9.59 Å². The summed E-state index contributed by atoms with van der Waals surface area (Å²) in [5, 5.41) is 3.41. The molecule has 0 aliphatic carbocycles. The summed E-state index contributed by atoms with van der Waals surface area (Å²) in [5.74, 6) is 1.46. The van der Waals surface area contributed by atoms with Gasteiger partial charge in [0, 0.05) is 24.8 Å². The molecule has 2 unspecified atom stereocenters. The van der Waals surface area contributed by atoms with E-state index in [-0.39, 0.29) is 23.8 Å². The van der Waals surface area contributed by atoms with Crippen LogP contribution in [0, 0.1) is 5.92 Å². The minimum Gasteiger partial charge on any atom is -0.344 e. The predicted molar refractivity (Wildman–Crippen MR) is 78.1 cm³/mol. The first-order valence-electron chi connectivity index (χ1n) is 7.27. The summed E-state index contributed by atoms with van der Waals surface area (Å²) < 4.78 is 0. The number of thioether (sulfide) groups is 1. The number of carbonyl (C=O) groups is 2. The van der Waals surface area contributed by atoms with E-state index in [0.717, 1.165) is 6.54 Å². The first-order chi connectivity index (χ1) is 9.08. The maximum absolute atomic E-state index is 12.5. The number of amides is 2. The first-order valence-corrected chi connectivity index (χ1v) is 8.32. The second-order valence-corrected chi connectivity index (χ2v) is 7.22. The number of carbonyl (C=O) groups excluding carboxylic acids is 2. The smallest absolute Gasteiger partial charge is 0.245 e. The van der Waals surface area contributed by atoms with E-state index < -0.39 is 0 Å². The van der Waals surface area contributed by atoms with Gasteiger partial charge in [-0.15, -0.1) is 0 Å². The Labute approximate surface area is 119 Å². The normalized spacial score (nSPS) is 29.3. The molecule has 108 valence electrons. The van der Waals surface area contributed by atoms with E-state index in [1.54, 1.807) is 0 Å². The molecule has 0 bridgehead atoms. The van der Waals surface area contributed by atoms with Crippen LogP contribution in [0.1, 0.15) is 39.5 Å². The van der Waals surface area contributed by atoms with Crippen LogP contribution in [0.15, 0.2) is 0 Å². The molecule has 2 aliphatic heterocycles. The Balaban J connectivity index is 2.01. The summed E-state index contributed by atoms with van der Waals surface area (Å²) in [6, 6.07) is -0.344. The van der Waals surface area contributed by atoms with Gasteiger partial charge < -0.3 is 10.2 Å². The number of nitrogens with zero attached hydrogens (tertiary/aromatic N) is 1. The molecule has 0 saturated carbocycles. The molecule has 0 aromatic heterocycles. The molecule has 4 nitrogen and oxygen atoms in total. The minimum absolute atomic E-state index is 0.00541. The van der Waals surface area contributed by atoms with Gasteiger partial charge in [0.1, 0.15) is 6.04 Å². The second-order valence-electron chi connectivity index (χ2n) is 5.81. The third-order valence-electron chi connectivity index (χ3n) is 3.87. The van der Waals surface area contributed by atoms with Crippen LogP contribution >= 0.6 is 11.8 Å². The Hall–Kier alpha value is -0.710. The van der Waals surface area contributed by atoms with Gasteiger partial charge in [-0.25, -0.2) is 0 Å². The number of rotatable bonds is 3. The lowest BCUT2D eigenvalue weighted by molar-refractivity contribution is -0.134. The zero-order valence-corrected chi connectivity index (χ0v) is 12.7. The SMILES string of the molecule is CC(C)C1NC(=O)CCN(CC2CCCCS2)C1=O. The van der Waals surface area contributed by atoms with Crippen molar-refractivity contribution in [3.05, 3.63) is 0 Å². The predicted octanol–water partition coefficient (Wildman–Crippen LogP) is 1.65. The van der Waals surface area contributed by atoms with Gasteiger partial charge in [0.05, 0.1) is 0 Å². The second kappa shape index (κ2) is 6.64. The summed E-state index contributed by atoms with van der Waals surface area (Å²) >= 11 is 1.98. The molecule has 0 radical (unpaired) electrons. The number of nitrogens with one attached hydrogen (secondary N) is 1. The third kappa shape index (κ3) is 3.88. The van der Waals surface area contributed by atoms with Crippen LogP contribution in [0.25, 0.3) is 0 Å². The van der Waals surface area contributed by atoms with Gasteiger partial charge in [-0.05, 0) is 24.5 Å². The fourth-order valence-electron chi connectivity index (χ4n) is 2.68. The molecule has 1 N–H and O–H groups in total. The molecule has 5 heteroatoms. The summed E-state index contributed by atoms with van der Waals surface area (Å²) in [6.45, 7) is 5.36. The maximum Gasteiger partial charge on any atom is 0.245 e. The van der Waals surface area contributed by atoms with Crippen LogP contribution in [0.4, 0.5) is 0 Å². The van der Waals surface area contributed by atoms with Crippen molar-refractivity contribution in [2.24, 2.45) is 5.92 Å². The van der Waals surface area contributed by atoms with E-state index in [2.05, 4.69) is 5.32 Å². The number of hydrogen-bond donors (Lipinski definition) is 1. The average molecular weight is 284 g/mol. The Morgan fingerprint density at radius 1 is 1.37 bits per heavy atom. The highest BCUT2D eigenvalue weighted by Gasteiger charge is 2.33. The van der Waals surface area contributed by atoms with Gasteiger partial charge in [-0.1, -0.05) is 20.3 Å². The van der Waals surface area contributed by atoms with Gasteiger partial charge in [0.25, 0.3) is 0 Å². The van der Waals surface area contributed by atoms with Crippen LogP contribution in [0.3, 0.4) is 0 Å². The standard InChI is InChI=1S/C14H24N2O2S/c1-10(2)13-14(18)16(7-6-12(17)15-13)9-11-5-3-4-8-19-11/h10-11,13H,3-9H2,1-2H3,(H,15,17). The molecule has 19 heavy (non-hydrogen) atoms. The summed E-state index contributed by atoms with van der Waals surface area (Å²) in [7, 11) is 0. The van der Waals surface area contributed by atoms with E-state index in [1.807, 2.05) is 30.5 Å². The molecule has 0 aromatic carbocycles. The van der Waals surface area contributed by atoms with Crippen molar-refractivity contribution in [1.29, 1.82) is 0 Å². The highest BCUT2D eigenvalue weighted by molar-refractivity contribution is 7.99. The van der Waals surface area contributed by atoms with E-state index in [4.69, 9.17) is 0 Å². The maximum atomic E-state index is 12.5. The van der Waals surface area contributed by atoms with E-state index in [9.17, 15) is 9.59 Å². The Kier molecular flexibility index (Phi) is 5.13. The zero-order chi connectivity index (χ0) is 13.8. The minimum atomic E-state index is -0.344. The summed E-state index contributed by atoms with van der Waals surface area (Å²) in [5.41, 5.74) is 0. The largest absolute Gasteiger partial charge is 0.344 e. The highest BCUT2D eigenvalue weighted by Crippen LogP contribution is 2.26. The summed E-state index contributed by atoms with van der Waals surface area (Å²) in [6.07, 6.45) is 4.20. The van der Waals surface area contributed by atoms with E-state index >= 15 is 0 Å². The Morgan fingerprint density at radius 3 is 2.79 bits per heavy atom. The lowest BCUT2D eigenvalue weighted by atomic mass is 10.0. The lowest BCUT2D eigenvalue weighted by Crippen LogP contribution is -2.49. The molecular weight excluding hydrogens is 260 g/mol. The van der Waals surface area contributed by atoms with Crippen LogP contribution in [0.5, 0.6) is 0 Å². The fraction of sp³-hybridized carbons (Fsp3) is 0.857. The monoisotopic (exact) mass is 284 g/mol. The van der Waals surface area contributed by atoms with Crippen LogP contribution in [0.2, 0.25) is 0 Å². The molecule has 2 fully saturated rings. The quantitative estimate of drug-likeness (QED) is 0.857. The van der Waals surface area contributed by atoms with E-state index in [0.29, 0.717) is 18.2 Å². The lowest BCUT2D eigenvalue weighted by Gasteiger charge is -2.30. The summed E-state index contributed by atoms with van der Waals surface area (Å²) in [4.78, 5) is 26.1. The van der Waals surface area contributed by atoms with Gasteiger partial charge in [-0.3, -0.25) is 9.59 Å². The van der Waals surface area contributed by atoms with Crippen molar-refractivity contribution >= 4 is 23.6 Å². The average Bonchev–Trinajstić information content (AvgIpc) is 2.53. The fourth-order valence-corrected chi connectivity index (χ4v) is 4.00. The molecule has 0 spiro atoms. The molecule has 2 saturated heterocycles. The Bertz CT molecular complexity index is 340. The van der Waals surface area contributed by atoms with Gasteiger partial charge >= 0.3 is 0 Å². The highest BCUT2D eigenvalue weighted by atomic mass is 32.2. The van der Waals surface area contributed by atoms with Gasteiger partial charge in [0.15, 0.2) is 0 Å². The topological polar surface area (TPSA) is 49.4 Å². The zero-order valence-electron chi connectivity index (χ0n) is 11.9. The van der Waals surface area contributed by atoms with E-state index in [1.165, 1.54) is 25.0 Å². The van der Waals surface area contributed by atoms with Crippen molar-refractivity contribution in [2.75, 3.05) is 18.8 Å². The third-order valence-corrected chi connectivity index (χ3v) is 5.25. The van der Waals surface area contributed by atoms with Crippen molar-refractivity contribution in [2.45, 2.75) is 50.8 Å². The van der Waals surface area contributed by atoms with Crippen LogP contribution in [-0.4, -0.2) is 46.8 Å². The van der Waals surface area contributed by atoms with Crippen molar-refractivity contribution in [1.82, 2.24) is 10.2 Å².